The summed E-state index contributed by atoms with van der Waals surface area (Å²) in [4.78, 5) is 33.3. The molecule has 180 valence electrons. The average molecular weight is 431 g/mol. The van der Waals surface area contributed by atoms with Gasteiger partial charge in [0.25, 0.3) is 0 Å². The Morgan fingerprint density at radius 2 is 1.53 bits per heavy atom. The zero-order valence-electron chi connectivity index (χ0n) is 20.0. The molecule has 3 N–H and O–H groups in total. The van der Waals surface area contributed by atoms with Crippen LogP contribution in [0.15, 0.2) is 0 Å². The van der Waals surface area contributed by atoms with Gasteiger partial charge in [0.15, 0.2) is 0 Å². The molecule has 0 radical (unpaired) electrons. The lowest BCUT2D eigenvalue weighted by atomic mass is 9.80. The van der Waals surface area contributed by atoms with Crippen LogP contribution >= 0.6 is 0 Å². The number of rotatable bonds is 8. The first-order chi connectivity index (χ1) is 14.3. The SMILES string of the molecule is CC.CC(C)C(=O)C1CCC(NC(=O)CCCOC2CCCCC2)CC1.CC(N)=O.[HH].[HH]. The van der Waals surface area contributed by atoms with Crippen molar-refractivity contribution in [3.8, 4) is 0 Å². The van der Waals surface area contributed by atoms with Crippen LogP contribution in [0.3, 0.4) is 0 Å². The first kappa shape index (κ1) is 28.6. The van der Waals surface area contributed by atoms with Crippen molar-refractivity contribution in [2.75, 3.05) is 6.61 Å². The molecule has 0 aromatic rings. The maximum Gasteiger partial charge on any atom is 0.220 e. The number of ether oxygens (including phenoxy) is 1. The van der Waals surface area contributed by atoms with Crippen molar-refractivity contribution in [1.29, 1.82) is 0 Å². The van der Waals surface area contributed by atoms with Crippen LogP contribution < -0.4 is 11.1 Å². The van der Waals surface area contributed by atoms with Crippen LogP contribution in [-0.2, 0) is 19.1 Å². The number of hydrogen-bond donors (Lipinski definition) is 2. The second-order valence-corrected chi connectivity index (χ2v) is 8.52. The molecule has 2 rings (SSSR count). The Morgan fingerprint density at radius 3 is 2.03 bits per heavy atom. The van der Waals surface area contributed by atoms with Crippen molar-refractivity contribution in [1.82, 2.24) is 5.32 Å². The number of ketones is 1. The van der Waals surface area contributed by atoms with Crippen molar-refractivity contribution >= 4 is 17.6 Å². The van der Waals surface area contributed by atoms with Gasteiger partial charge in [0.1, 0.15) is 5.78 Å². The minimum absolute atomic E-state index is 0. The van der Waals surface area contributed by atoms with E-state index in [-0.39, 0.29) is 32.5 Å². The summed E-state index contributed by atoms with van der Waals surface area (Å²) in [5.41, 5.74) is 4.47. The Morgan fingerprint density at radius 1 is 1.00 bits per heavy atom. The standard InChI is InChI=1S/C20H35NO3.C2H5NO.C2H6.2H2/c1-15(2)20(23)16-10-12-17(13-11-16)21-19(22)9-6-14-24-18-7-4-3-5-8-18;1-2(3)4;1-2;;/h15-18H,3-14H2,1-2H3,(H,21,22);1H3,(H2,3,4);1-2H3;2*1H. The van der Waals surface area contributed by atoms with Crippen molar-refractivity contribution in [3.63, 3.8) is 0 Å². The van der Waals surface area contributed by atoms with Crippen LogP contribution in [-0.4, -0.2) is 36.4 Å². The number of carbonyl (C=O) groups is 3. The van der Waals surface area contributed by atoms with Crippen LogP contribution in [0.1, 0.15) is 108 Å². The Bertz CT molecular complexity index is 486. The molecular weight excluding hydrogens is 380 g/mol. The van der Waals surface area contributed by atoms with Gasteiger partial charge >= 0.3 is 0 Å². The molecule has 0 aromatic heterocycles. The zero-order chi connectivity index (χ0) is 22.9. The quantitative estimate of drug-likeness (QED) is 0.528. The van der Waals surface area contributed by atoms with E-state index in [0.29, 0.717) is 24.9 Å². The van der Waals surface area contributed by atoms with E-state index >= 15 is 0 Å². The van der Waals surface area contributed by atoms with Gasteiger partial charge in [-0.2, -0.15) is 0 Å². The first-order valence-electron chi connectivity index (χ1n) is 12.0. The molecule has 2 aliphatic rings. The summed E-state index contributed by atoms with van der Waals surface area (Å²) in [6.07, 6.45) is 11.8. The van der Waals surface area contributed by atoms with E-state index in [9.17, 15) is 14.4 Å². The number of nitrogens with two attached hydrogens (primary N) is 1. The topological polar surface area (TPSA) is 98.5 Å². The van der Waals surface area contributed by atoms with Crippen LogP contribution in [0, 0.1) is 11.8 Å². The normalized spacial score (nSPS) is 21.5. The summed E-state index contributed by atoms with van der Waals surface area (Å²) in [7, 11) is 0. The highest BCUT2D eigenvalue weighted by molar-refractivity contribution is 5.83. The van der Waals surface area contributed by atoms with E-state index in [1.54, 1.807) is 0 Å². The van der Waals surface area contributed by atoms with Gasteiger partial charge in [0.05, 0.1) is 6.10 Å². The molecule has 0 spiro atoms. The van der Waals surface area contributed by atoms with Crippen molar-refractivity contribution in [3.05, 3.63) is 0 Å². The van der Waals surface area contributed by atoms with Gasteiger partial charge in [-0.05, 0) is 44.9 Å². The molecule has 30 heavy (non-hydrogen) atoms. The van der Waals surface area contributed by atoms with Gasteiger partial charge in [-0.3, -0.25) is 14.4 Å². The van der Waals surface area contributed by atoms with Crippen LogP contribution in [0.4, 0.5) is 0 Å². The second kappa shape index (κ2) is 17.3. The molecule has 2 fully saturated rings. The molecule has 2 amide bonds. The molecule has 0 heterocycles. The Labute approximate surface area is 187 Å². The molecule has 6 nitrogen and oxygen atoms in total. The lowest BCUT2D eigenvalue weighted by molar-refractivity contribution is -0.127. The number of amides is 2. The minimum atomic E-state index is -0.333. The summed E-state index contributed by atoms with van der Waals surface area (Å²) >= 11 is 0. The van der Waals surface area contributed by atoms with Crippen LogP contribution in [0.2, 0.25) is 0 Å². The zero-order valence-corrected chi connectivity index (χ0v) is 20.0. The van der Waals surface area contributed by atoms with Crippen molar-refractivity contribution in [2.45, 2.75) is 117 Å². The molecule has 2 saturated carbocycles. The number of nitrogens with one attached hydrogen (secondary N) is 1. The van der Waals surface area contributed by atoms with E-state index in [4.69, 9.17) is 4.74 Å². The molecule has 6 heteroatoms. The fourth-order valence-corrected chi connectivity index (χ4v) is 4.01. The average Bonchev–Trinajstić information content (AvgIpc) is 2.73. The van der Waals surface area contributed by atoms with Gasteiger partial charge in [-0.25, -0.2) is 0 Å². The number of primary amides is 1. The van der Waals surface area contributed by atoms with E-state index in [1.165, 1.54) is 39.0 Å². The maximum atomic E-state index is 12.1. The first-order valence-corrected chi connectivity index (χ1v) is 12.0. The minimum Gasteiger partial charge on any atom is -0.378 e. The smallest absolute Gasteiger partial charge is 0.220 e. The largest absolute Gasteiger partial charge is 0.378 e. The van der Waals surface area contributed by atoms with Gasteiger partial charge in [-0.15, -0.1) is 0 Å². The monoisotopic (exact) mass is 430 g/mol. The molecule has 0 unspecified atom stereocenters. The van der Waals surface area contributed by atoms with E-state index < -0.39 is 0 Å². The summed E-state index contributed by atoms with van der Waals surface area (Å²) in [5.74, 6) is 0.535. The van der Waals surface area contributed by atoms with E-state index in [1.807, 2.05) is 27.7 Å². The third-order valence-electron chi connectivity index (χ3n) is 5.52. The summed E-state index contributed by atoms with van der Waals surface area (Å²) in [6, 6.07) is 0.257. The number of hydrogen-bond acceptors (Lipinski definition) is 4. The third-order valence-corrected chi connectivity index (χ3v) is 5.52. The summed E-state index contributed by atoms with van der Waals surface area (Å²) < 4.78 is 5.87. The fourth-order valence-electron chi connectivity index (χ4n) is 4.01. The lowest BCUT2D eigenvalue weighted by Gasteiger charge is -2.29. The summed E-state index contributed by atoms with van der Waals surface area (Å²) in [6.45, 7) is 9.96. The molecule has 0 atom stereocenters. The van der Waals surface area contributed by atoms with Crippen LogP contribution in [0.25, 0.3) is 0 Å². The number of Topliss-reactive ketones (excluding diaryl/α,β-unsaturated/α-hetero) is 1. The third kappa shape index (κ3) is 13.7. The highest BCUT2D eigenvalue weighted by atomic mass is 16.5. The molecule has 0 bridgehead atoms. The van der Waals surface area contributed by atoms with Gasteiger partial charge in [0.2, 0.25) is 11.8 Å². The molecule has 2 aliphatic carbocycles. The summed E-state index contributed by atoms with van der Waals surface area (Å²) in [5, 5.41) is 3.14. The predicted octanol–water partition coefficient (Wildman–Crippen LogP) is 5.03. The second-order valence-electron chi connectivity index (χ2n) is 8.52. The maximum absolute atomic E-state index is 12.1. The molecule has 0 saturated heterocycles. The molecule has 0 aliphatic heterocycles. The highest BCUT2D eigenvalue weighted by Crippen LogP contribution is 2.27. The fraction of sp³-hybridized carbons (Fsp3) is 0.875. The predicted molar refractivity (Wildman–Crippen MR) is 126 cm³/mol. The van der Waals surface area contributed by atoms with E-state index in [0.717, 1.165) is 32.1 Å². The van der Waals surface area contributed by atoms with E-state index in [2.05, 4.69) is 11.1 Å². The van der Waals surface area contributed by atoms with Crippen LogP contribution in [0.5, 0.6) is 0 Å². The molecule has 0 aromatic carbocycles. The van der Waals surface area contributed by atoms with Gasteiger partial charge in [0, 0.05) is 40.7 Å². The van der Waals surface area contributed by atoms with Gasteiger partial charge < -0.3 is 15.8 Å². The van der Waals surface area contributed by atoms with Gasteiger partial charge in [-0.1, -0.05) is 47.0 Å². The lowest BCUT2D eigenvalue weighted by Crippen LogP contribution is -2.39. The van der Waals surface area contributed by atoms with Crippen molar-refractivity contribution < 1.29 is 22.0 Å². The number of carbonyl (C=O) groups excluding carboxylic acids is 3. The Kier molecular flexibility index (Phi) is 16.4. The molecular formula is C24H50N2O4. The Hall–Kier alpha value is -1.43. The van der Waals surface area contributed by atoms with Crippen molar-refractivity contribution in [2.24, 2.45) is 17.6 Å². The Balaban J connectivity index is -0.000000947. The highest BCUT2D eigenvalue weighted by Gasteiger charge is 2.28.